The highest BCUT2D eigenvalue weighted by molar-refractivity contribution is 5.97. The lowest BCUT2D eigenvalue weighted by molar-refractivity contribution is -0.125. The van der Waals surface area contributed by atoms with E-state index < -0.39 is 0 Å². The number of nitrogens with two attached hydrogens (primary N) is 1. The van der Waals surface area contributed by atoms with Crippen molar-refractivity contribution in [1.82, 2.24) is 10.2 Å². The van der Waals surface area contributed by atoms with Gasteiger partial charge in [-0.25, -0.2) is 4.79 Å². The molecule has 0 aromatic rings. The highest BCUT2D eigenvalue weighted by Crippen LogP contribution is 2.09. The third kappa shape index (κ3) is 1.73. The molecule has 0 radical (unpaired) electrons. The summed E-state index contributed by atoms with van der Waals surface area (Å²) in [6.45, 7) is 0.946. The van der Waals surface area contributed by atoms with Gasteiger partial charge in [-0.1, -0.05) is 0 Å². The van der Waals surface area contributed by atoms with Crippen LogP contribution in [0.4, 0.5) is 4.79 Å². The predicted molar refractivity (Wildman–Crippen MR) is 43.3 cm³/mol. The van der Waals surface area contributed by atoms with Crippen LogP contribution in [0.15, 0.2) is 0 Å². The van der Waals surface area contributed by atoms with E-state index in [0.717, 1.165) is 0 Å². The molecule has 1 rings (SSSR count). The summed E-state index contributed by atoms with van der Waals surface area (Å²) < 4.78 is 0. The fourth-order valence-electron chi connectivity index (χ4n) is 1.22. The van der Waals surface area contributed by atoms with E-state index in [4.69, 9.17) is 5.73 Å². The molecule has 0 bridgehead atoms. The molecule has 5 nitrogen and oxygen atoms in total. The quantitative estimate of drug-likeness (QED) is 0.567. The monoisotopic (exact) mass is 171 g/mol. The normalized spacial score (nSPS) is 24.2. The molecular formula is C7H13N3O2. The third-order valence-electron chi connectivity index (χ3n) is 1.96. The Morgan fingerprint density at radius 1 is 1.67 bits per heavy atom. The van der Waals surface area contributed by atoms with Crippen LogP contribution in [0.5, 0.6) is 0 Å². The minimum absolute atomic E-state index is 0.141. The van der Waals surface area contributed by atoms with Gasteiger partial charge in [-0.2, -0.15) is 0 Å². The number of carbonyl (C=O) groups is 2. The van der Waals surface area contributed by atoms with Gasteiger partial charge >= 0.3 is 6.03 Å². The number of imide groups is 1. The number of hydrogen-bond donors (Lipinski definition) is 2. The van der Waals surface area contributed by atoms with Crippen molar-refractivity contribution in [3.63, 3.8) is 0 Å². The molecule has 0 aromatic heterocycles. The van der Waals surface area contributed by atoms with Crippen molar-refractivity contribution >= 4 is 11.9 Å². The third-order valence-corrected chi connectivity index (χ3v) is 1.96. The first-order chi connectivity index (χ1) is 5.65. The van der Waals surface area contributed by atoms with E-state index in [9.17, 15) is 9.59 Å². The van der Waals surface area contributed by atoms with E-state index in [1.165, 1.54) is 4.90 Å². The van der Waals surface area contributed by atoms with Crippen LogP contribution in [0.25, 0.3) is 0 Å². The molecule has 1 aliphatic heterocycles. The van der Waals surface area contributed by atoms with Crippen molar-refractivity contribution in [2.45, 2.75) is 6.42 Å². The van der Waals surface area contributed by atoms with Crippen molar-refractivity contribution in [3.8, 4) is 0 Å². The van der Waals surface area contributed by atoms with Crippen LogP contribution in [0.1, 0.15) is 6.42 Å². The first-order valence-corrected chi connectivity index (χ1v) is 3.91. The van der Waals surface area contributed by atoms with Crippen molar-refractivity contribution in [2.75, 3.05) is 20.1 Å². The standard InChI is InChI=1S/C7H13N3O2/c1-10-4-5(2-3-8)6(11)9-7(10)12/h5H,2-4,8H2,1H3,(H,9,11,12)/t5-/m1/s1. The molecule has 1 fully saturated rings. The second-order valence-corrected chi connectivity index (χ2v) is 2.95. The number of urea groups is 1. The van der Waals surface area contributed by atoms with Crippen LogP contribution >= 0.6 is 0 Å². The van der Waals surface area contributed by atoms with Crippen LogP contribution in [0.3, 0.4) is 0 Å². The lowest BCUT2D eigenvalue weighted by Crippen LogP contribution is -2.53. The van der Waals surface area contributed by atoms with E-state index in [-0.39, 0.29) is 17.9 Å². The summed E-state index contributed by atoms with van der Waals surface area (Å²) in [6.07, 6.45) is 0.628. The second kappa shape index (κ2) is 3.53. The number of rotatable bonds is 2. The Hall–Kier alpha value is -1.10. The summed E-state index contributed by atoms with van der Waals surface area (Å²) in [5.41, 5.74) is 5.32. The number of nitrogens with zero attached hydrogens (tertiary/aromatic N) is 1. The molecule has 3 amide bonds. The highest BCUT2D eigenvalue weighted by Gasteiger charge is 2.28. The molecule has 1 aliphatic rings. The van der Waals surface area contributed by atoms with Crippen molar-refractivity contribution in [2.24, 2.45) is 11.7 Å². The summed E-state index contributed by atoms with van der Waals surface area (Å²) >= 11 is 0. The number of nitrogens with one attached hydrogen (secondary N) is 1. The Morgan fingerprint density at radius 2 is 2.33 bits per heavy atom. The molecule has 0 aliphatic carbocycles. The average Bonchev–Trinajstić information content (AvgIpc) is 2.01. The summed E-state index contributed by atoms with van der Waals surface area (Å²) in [5, 5.41) is 2.26. The second-order valence-electron chi connectivity index (χ2n) is 2.95. The van der Waals surface area contributed by atoms with Gasteiger partial charge in [0.1, 0.15) is 0 Å². The van der Waals surface area contributed by atoms with Gasteiger partial charge in [0.15, 0.2) is 0 Å². The first-order valence-electron chi connectivity index (χ1n) is 3.91. The topological polar surface area (TPSA) is 75.4 Å². The molecule has 0 saturated carbocycles. The number of amides is 3. The van der Waals surface area contributed by atoms with Crippen molar-refractivity contribution < 1.29 is 9.59 Å². The van der Waals surface area contributed by atoms with Crippen molar-refractivity contribution in [1.29, 1.82) is 0 Å². The molecule has 5 heteroatoms. The van der Waals surface area contributed by atoms with Crippen LogP contribution < -0.4 is 11.1 Å². The maximum Gasteiger partial charge on any atom is 0.323 e. The van der Waals surface area contributed by atoms with Gasteiger partial charge < -0.3 is 10.6 Å². The van der Waals surface area contributed by atoms with Gasteiger partial charge in [0.25, 0.3) is 0 Å². The van der Waals surface area contributed by atoms with E-state index in [1.54, 1.807) is 7.05 Å². The minimum Gasteiger partial charge on any atom is -0.330 e. The molecule has 1 atom stereocenters. The molecular weight excluding hydrogens is 158 g/mol. The van der Waals surface area contributed by atoms with E-state index in [0.29, 0.717) is 19.5 Å². The lowest BCUT2D eigenvalue weighted by atomic mass is 10.0. The van der Waals surface area contributed by atoms with Gasteiger partial charge in [0.05, 0.1) is 5.92 Å². The summed E-state index contributed by atoms with van der Waals surface area (Å²) in [4.78, 5) is 23.5. The van der Waals surface area contributed by atoms with E-state index in [2.05, 4.69) is 5.32 Å². The summed E-state index contributed by atoms with van der Waals surface area (Å²) in [5.74, 6) is -0.346. The van der Waals surface area contributed by atoms with Crippen LogP contribution in [0, 0.1) is 5.92 Å². The number of carbonyl (C=O) groups excluding carboxylic acids is 2. The number of hydrogen-bond acceptors (Lipinski definition) is 3. The summed E-state index contributed by atoms with van der Waals surface area (Å²) in [7, 11) is 1.66. The molecule has 68 valence electrons. The highest BCUT2D eigenvalue weighted by atomic mass is 16.2. The molecule has 0 unspecified atom stereocenters. The Labute approximate surface area is 70.9 Å². The average molecular weight is 171 g/mol. The fraction of sp³-hybridized carbons (Fsp3) is 0.714. The molecule has 3 N–H and O–H groups in total. The van der Waals surface area contributed by atoms with Crippen LogP contribution in [-0.4, -0.2) is 37.0 Å². The maximum absolute atomic E-state index is 11.1. The maximum atomic E-state index is 11.1. The van der Waals surface area contributed by atoms with E-state index in [1.807, 2.05) is 0 Å². The SMILES string of the molecule is CN1C[C@@H](CCN)C(=O)NC1=O. The van der Waals surface area contributed by atoms with Crippen LogP contribution in [-0.2, 0) is 4.79 Å². The van der Waals surface area contributed by atoms with Gasteiger partial charge in [0, 0.05) is 13.6 Å². The molecule has 1 heterocycles. The molecule has 0 aromatic carbocycles. The van der Waals surface area contributed by atoms with Gasteiger partial charge in [-0.3, -0.25) is 10.1 Å². The van der Waals surface area contributed by atoms with Crippen molar-refractivity contribution in [3.05, 3.63) is 0 Å². The molecule has 0 spiro atoms. The first kappa shape index (κ1) is 8.99. The zero-order chi connectivity index (χ0) is 9.14. The zero-order valence-corrected chi connectivity index (χ0v) is 7.04. The lowest BCUT2D eigenvalue weighted by Gasteiger charge is -2.28. The summed E-state index contributed by atoms with van der Waals surface area (Å²) in [6, 6.07) is -0.326. The Kier molecular flexibility index (Phi) is 2.65. The largest absolute Gasteiger partial charge is 0.330 e. The van der Waals surface area contributed by atoms with E-state index >= 15 is 0 Å². The zero-order valence-electron chi connectivity index (χ0n) is 7.04. The predicted octanol–water partition coefficient (Wildman–Crippen LogP) is -0.867. The molecule has 1 saturated heterocycles. The van der Waals surface area contributed by atoms with Gasteiger partial charge in [-0.05, 0) is 13.0 Å². The Bertz CT molecular complexity index is 205. The van der Waals surface area contributed by atoms with Crippen LogP contribution in [0.2, 0.25) is 0 Å². The van der Waals surface area contributed by atoms with Gasteiger partial charge in [0.2, 0.25) is 5.91 Å². The minimum atomic E-state index is -0.326. The Balaban J connectivity index is 2.55. The smallest absolute Gasteiger partial charge is 0.323 e. The fourth-order valence-corrected chi connectivity index (χ4v) is 1.22. The molecule has 12 heavy (non-hydrogen) atoms. The Morgan fingerprint density at radius 3 is 2.92 bits per heavy atom. The van der Waals surface area contributed by atoms with Gasteiger partial charge in [-0.15, -0.1) is 0 Å².